The highest BCUT2D eigenvalue weighted by molar-refractivity contribution is 6.31. The van der Waals surface area contributed by atoms with Gasteiger partial charge >= 0.3 is 5.97 Å². The summed E-state index contributed by atoms with van der Waals surface area (Å²) in [6.07, 6.45) is 0.553. The van der Waals surface area contributed by atoms with Crippen LogP contribution in [0.4, 0.5) is 4.39 Å². The Bertz CT molecular complexity index is 1050. The number of aromatic nitrogens is 2. The number of carbonyl (C=O) groups is 2. The Kier molecular flexibility index (Phi) is 6.84. The van der Waals surface area contributed by atoms with Gasteiger partial charge in [0.25, 0.3) is 5.91 Å². The Morgan fingerprint density at radius 1 is 1.10 bits per heavy atom. The topological polar surface area (TPSA) is 73.2 Å². The Morgan fingerprint density at radius 3 is 2.37 bits per heavy atom. The van der Waals surface area contributed by atoms with Crippen molar-refractivity contribution in [2.24, 2.45) is 0 Å². The van der Waals surface area contributed by atoms with E-state index < -0.39 is 11.9 Å². The highest BCUT2D eigenvalue weighted by atomic mass is 35.5. The molecular weight excluding hydrogens is 409 g/mol. The van der Waals surface area contributed by atoms with E-state index in [1.165, 1.54) is 12.1 Å². The summed E-state index contributed by atoms with van der Waals surface area (Å²) < 4.78 is 19.6. The van der Waals surface area contributed by atoms with E-state index in [1.54, 1.807) is 41.1 Å². The Hall–Kier alpha value is -3.19. The first-order valence-electron chi connectivity index (χ1n) is 9.35. The van der Waals surface area contributed by atoms with Crippen molar-refractivity contribution in [2.45, 2.75) is 20.3 Å². The van der Waals surface area contributed by atoms with Gasteiger partial charge < -0.3 is 10.1 Å². The van der Waals surface area contributed by atoms with Gasteiger partial charge in [-0.2, -0.15) is 5.10 Å². The fourth-order valence-electron chi connectivity index (χ4n) is 2.88. The molecule has 0 aliphatic carbocycles. The van der Waals surface area contributed by atoms with Gasteiger partial charge in [-0.15, -0.1) is 0 Å². The van der Waals surface area contributed by atoms with Gasteiger partial charge in [-0.3, -0.25) is 4.79 Å². The lowest BCUT2D eigenvalue weighted by Gasteiger charge is -2.08. The van der Waals surface area contributed by atoms with Gasteiger partial charge in [0.2, 0.25) is 0 Å². The summed E-state index contributed by atoms with van der Waals surface area (Å²) in [6.45, 7) is 3.67. The molecular formula is C22H21ClFN3O3. The number of nitrogens with one attached hydrogen (secondary N) is 1. The number of hydrogen-bond donors (Lipinski definition) is 1. The molecule has 0 fully saturated rings. The number of rotatable bonds is 7. The molecule has 1 heterocycles. The fraction of sp³-hybridized carbons (Fsp3) is 0.227. The number of ether oxygens (including phenoxy) is 1. The smallest absolute Gasteiger partial charge is 0.338 e. The molecule has 0 saturated carbocycles. The van der Waals surface area contributed by atoms with Crippen molar-refractivity contribution in [3.8, 4) is 5.69 Å². The summed E-state index contributed by atoms with van der Waals surface area (Å²) in [4.78, 5) is 24.0. The number of amides is 1. The summed E-state index contributed by atoms with van der Waals surface area (Å²) in [5.74, 6) is -1.30. The number of halogens is 2. The van der Waals surface area contributed by atoms with E-state index in [0.717, 1.165) is 22.6 Å². The molecule has 2 aromatic carbocycles. The van der Waals surface area contributed by atoms with Gasteiger partial charge in [0.05, 0.1) is 27.7 Å². The fourth-order valence-corrected chi connectivity index (χ4v) is 2.99. The summed E-state index contributed by atoms with van der Waals surface area (Å²) >= 11 is 6.17. The molecule has 156 valence electrons. The van der Waals surface area contributed by atoms with Gasteiger partial charge in [-0.25, -0.2) is 13.9 Å². The highest BCUT2D eigenvalue weighted by Gasteiger charge is 2.13. The number of carbonyl (C=O) groups excluding carboxylic acids is 2. The Morgan fingerprint density at radius 2 is 1.77 bits per heavy atom. The van der Waals surface area contributed by atoms with E-state index in [9.17, 15) is 14.0 Å². The third-order valence-corrected chi connectivity index (χ3v) is 5.08. The van der Waals surface area contributed by atoms with Crippen molar-refractivity contribution in [3.63, 3.8) is 0 Å². The van der Waals surface area contributed by atoms with Crippen LogP contribution in [0.2, 0.25) is 5.02 Å². The number of hydrogen-bond acceptors (Lipinski definition) is 4. The second kappa shape index (κ2) is 9.54. The van der Waals surface area contributed by atoms with Crippen LogP contribution in [0.3, 0.4) is 0 Å². The van der Waals surface area contributed by atoms with Crippen LogP contribution in [-0.4, -0.2) is 34.8 Å². The summed E-state index contributed by atoms with van der Waals surface area (Å²) in [5.41, 5.74) is 3.52. The molecule has 0 saturated heterocycles. The van der Waals surface area contributed by atoms with E-state index in [1.807, 2.05) is 13.8 Å². The average Bonchev–Trinajstić information content (AvgIpc) is 3.01. The molecule has 0 unspecified atom stereocenters. The van der Waals surface area contributed by atoms with Crippen LogP contribution in [0.25, 0.3) is 5.69 Å². The molecule has 0 aliphatic rings. The van der Waals surface area contributed by atoms with Crippen molar-refractivity contribution in [3.05, 3.63) is 81.9 Å². The van der Waals surface area contributed by atoms with Gasteiger partial charge in [-0.1, -0.05) is 23.7 Å². The maximum absolute atomic E-state index is 12.9. The minimum absolute atomic E-state index is 0.304. The predicted molar refractivity (Wildman–Crippen MR) is 111 cm³/mol. The number of nitrogens with zero attached hydrogens (tertiary/aromatic N) is 2. The van der Waals surface area contributed by atoms with Crippen molar-refractivity contribution >= 4 is 23.5 Å². The SMILES string of the molecule is Cc1nn(-c2ccc(C(=O)OCC(=O)NCCc3ccc(F)cc3)cc2)c(C)c1Cl. The number of aryl methyl sites for hydroxylation is 1. The molecule has 0 aliphatic heterocycles. The van der Waals surface area contributed by atoms with Crippen LogP contribution < -0.4 is 5.32 Å². The summed E-state index contributed by atoms with van der Waals surface area (Å²) in [5, 5.41) is 7.63. The maximum Gasteiger partial charge on any atom is 0.338 e. The Balaban J connectivity index is 1.47. The maximum atomic E-state index is 12.9. The molecule has 0 spiro atoms. The molecule has 3 aromatic rings. The van der Waals surface area contributed by atoms with Crippen LogP contribution in [0.1, 0.15) is 27.3 Å². The molecule has 1 amide bonds. The predicted octanol–water partition coefficient (Wildman–Crippen LogP) is 3.80. The summed E-state index contributed by atoms with van der Waals surface area (Å²) in [7, 11) is 0. The highest BCUT2D eigenvalue weighted by Crippen LogP contribution is 2.22. The van der Waals surface area contributed by atoms with Gasteiger partial charge in [-0.05, 0) is 62.2 Å². The average molecular weight is 430 g/mol. The minimum atomic E-state index is -0.596. The van der Waals surface area contributed by atoms with E-state index >= 15 is 0 Å². The van der Waals surface area contributed by atoms with Crippen molar-refractivity contribution < 1.29 is 18.7 Å². The molecule has 0 bridgehead atoms. The van der Waals surface area contributed by atoms with Crippen LogP contribution in [0.5, 0.6) is 0 Å². The first-order chi connectivity index (χ1) is 14.3. The van der Waals surface area contributed by atoms with Crippen LogP contribution in [0, 0.1) is 19.7 Å². The zero-order chi connectivity index (χ0) is 21.7. The molecule has 8 heteroatoms. The molecule has 30 heavy (non-hydrogen) atoms. The second-order valence-electron chi connectivity index (χ2n) is 6.75. The molecule has 1 aromatic heterocycles. The zero-order valence-corrected chi connectivity index (χ0v) is 17.4. The minimum Gasteiger partial charge on any atom is -0.452 e. The molecule has 6 nitrogen and oxygen atoms in total. The lowest BCUT2D eigenvalue weighted by atomic mass is 10.1. The Labute approximate surface area is 178 Å². The third kappa shape index (κ3) is 5.24. The van der Waals surface area contributed by atoms with E-state index in [-0.39, 0.29) is 12.4 Å². The van der Waals surface area contributed by atoms with Crippen molar-refractivity contribution in [1.29, 1.82) is 0 Å². The molecule has 3 rings (SSSR count). The lowest BCUT2D eigenvalue weighted by molar-refractivity contribution is -0.124. The van der Waals surface area contributed by atoms with Crippen LogP contribution in [0.15, 0.2) is 48.5 Å². The molecule has 0 atom stereocenters. The van der Waals surface area contributed by atoms with Crippen molar-refractivity contribution in [2.75, 3.05) is 13.2 Å². The van der Waals surface area contributed by atoms with Gasteiger partial charge in [0.15, 0.2) is 6.61 Å². The third-order valence-electron chi connectivity index (χ3n) is 4.53. The monoisotopic (exact) mass is 429 g/mol. The van der Waals surface area contributed by atoms with Crippen LogP contribution >= 0.6 is 11.6 Å². The number of esters is 1. The lowest BCUT2D eigenvalue weighted by Crippen LogP contribution is -2.30. The van der Waals surface area contributed by atoms with E-state index in [0.29, 0.717) is 23.6 Å². The van der Waals surface area contributed by atoms with E-state index in [4.69, 9.17) is 16.3 Å². The number of benzene rings is 2. The standard InChI is InChI=1S/C22H21ClFN3O3/c1-14-21(23)15(2)27(26-14)19-9-5-17(6-10-19)22(29)30-13-20(28)25-12-11-16-3-7-18(24)8-4-16/h3-10H,11-13H2,1-2H3,(H,25,28). The quantitative estimate of drug-likeness (QED) is 0.580. The molecule has 1 N–H and O–H groups in total. The second-order valence-corrected chi connectivity index (χ2v) is 7.12. The largest absolute Gasteiger partial charge is 0.452 e. The first-order valence-corrected chi connectivity index (χ1v) is 9.73. The van der Waals surface area contributed by atoms with E-state index in [2.05, 4.69) is 10.4 Å². The first kappa shape index (κ1) is 21.5. The summed E-state index contributed by atoms with van der Waals surface area (Å²) in [6, 6.07) is 12.7. The van der Waals surface area contributed by atoms with Gasteiger partial charge in [0, 0.05) is 6.54 Å². The van der Waals surface area contributed by atoms with Gasteiger partial charge in [0.1, 0.15) is 5.82 Å². The van der Waals surface area contributed by atoms with Crippen molar-refractivity contribution in [1.82, 2.24) is 15.1 Å². The zero-order valence-electron chi connectivity index (χ0n) is 16.6. The van der Waals surface area contributed by atoms with Crippen LogP contribution in [-0.2, 0) is 16.0 Å². The normalized spacial score (nSPS) is 10.7. The molecule has 0 radical (unpaired) electrons.